The summed E-state index contributed by atoms with van der Waals surface area (Å²) in [5.74, 6) is 0. The van der Waals surface area contributed by atoms with E-state index in [1.165, 1.54) is 20.2 Å². The fraction of sp³-hybridized carbons (Fsp3) is 0.200. The number of benzene rings is 2. The monoisotopic (exact) mass is 314 g/mol. The molecule has 0 unspecified atom stereocenters. The first-order valence-corrected chi connectivity index (χ1v) is 7.86. The summed E-state index contributed by atoms with van der Waals surface area (Å²) in [5, 5.41) is 3.56. The first kappa shape index (κ1) is 15.8. The maximum atomic E-state index is 9.75. The molecule has 0 aliphatic rings. The third-order valence-corrected chi connectivity index (χ3v) is 5.61. The highest BCUT2D eigenvalue weighted by molar-refractivity contribution is 7.43. The van der Waals surface area contributed by atoms with Gasteiger partial charge in [-0.15, -0.1) is 0 Å². The fourth-order valence-corrected chi connectivity index (χ4v) is 4.92. The number of fused-ring (bicyclic) bond motifs is 3. The molecule has 0 nitrogen and oxygen atoms in total. The Morgan fingerprint density at radius 3 is 1.43 bits per heavy atom. The van der Waals surface area contributed by atoms with Gasteiger partial charge in [0.1, 0.15) is 5.25 Å². The molecule has 6 heteroatoms. The van der Waals surface area contributed by atoms with Gasteiger partial charge in [0, 0.05) is 10.8 Å². The molecule has 0 spiro atoms. The molecule has 0 bridgehead atoms. The van der Waals surface area contributed by atoms with Crippen LogP contribution in [-0.4, -0.2) is 7.25 Å². The first-order valence-electron chi connectivity index (χ1n) is 6.58. The van der Waals surface area contributed by atoms with Crippen molar-refractivity contribution in [3.63, 3.8) is 0 Å². The molecule has 21 heavy (non-hydrogen) atoms. The van der Waals surface area contributed by atoms with Gasteiger partial charge < -0.3 is 17.3 Å². The summed E-state index contributed by atoms with van der Waals surface area (Å²) in [6.45, 7) is 4.64. The summed E-state index contributed by atoms with van der Waals surface area (Å²) in [5.41, 5.74) is 0. The lowest BCUT2D eigenvalue weighted by molar-refractivity contribution is 0.368. The third-order valence-electron chi connectivity index (χ3n) is 3.01. The van der Waals surface area contributed by atoms with Crippen LogP contribution in [0.25, 0.3) is 20.2 Å². The highest BCUT2D eigenvalue weighted by Crippen LogP contribution is 2.47. The van der Waals surface area contributed by atoms with Crippen LogP contribution in [-0.2, 0) is 0 Å². The molecular formula is C15H15BF4S. The Bertz CT molecular complexity index is 687. The van der Waals surface area contributed by atoms with E-state index < -0.39 is 7.25 Å². The SMILES string of the molecule is CC(C)[s+]1c2ccccc2c2ccccc21.F[B-](F)(F)F. The normalized spacial score (nSPS) is 11.8. The van der Waals surface area contributed by atoms with Gasteiger partial charge in [-0.25, -0.2) is 0 Å². The first-order chi connectivity index (χ1) is 9.79. The Morgan fingerprint density at radius 2 is 1.10 bits per heavy atom. The van der Waals surface area contributed by atoms with E-state index in [4.69, 9.17) is 0 Å². The lowest BCUT2D eigenvalue weighted by Gasteiger charge is -1.95. The quantitative estimate of drug-likeness (QED) is 0.269. The zero-order chi connectivity index (χ0) is 15.6. The molecule has 112 valence electrons. The van der Waals surface area contributed by atoms with Gasteiger partial charge in [-0.05, 0) is 48.6 Å². The van der Waals surface area contributed by atoms with E-state index in [9.17, 15) is 17.3 Å². The van der Waals surface area contributed by atoms with E-state index in [0.29, 0.717) is 5.25 Å². The van der Waals surface area contributed by atoms with Crippen molar-refractivity contribution in [3.05, 3.63) is 48.5 Å². The average Bonchev–Trinajstić information content (AvgIpc) is 2.71. The van der Waals surface area contributed by atoms with Gasteiger partial charge in [-0.2, -0.15) is 0 Å². The lowest BCUT2D eigenvalue weighted by atomic mass is 10.2. The standard InChI is InChI=1S/C15H15S.BF4/c1-11(2)16-14-9-5-3-7-12(14)13-8-4-6-10-15(13)16;2-1(3,4)5/h3-11H,1-2H3;/q+1;-1. The Kier molecular flexibility index (Phi) is 4.56. The minimum atomic E-state index is -6.00. The Morgan fingerprint density at radius 1 is 0.762 bits per heavy atom. The molecule has 0 N–H and O–H groups in total. The summed E-state index contributed by atoms with van der Waals surface area (Å²) in [7, 11) is -5.73. The van der Waals surface area contributed by atoms with Crippen molar-refractivity contribution in [1.29, 1.82) is 0 Å². The molecule has 0 aliphatic heterocycles. The van der Waals surface area contributed by atoms with Gasteiger partial charge >= 0.3 is 7.25 Å². The maximum Gasteiger partial charge on any atom is 0.673 e. The molecule has 0 atom stereocenters. The third kappa shape index (κ3) is 3.76. The van der Waals surface area contributed by atoms with Crippen LogP contribution in [0.1, 0.15) is 19.1 Å². The topological polar surface area (TPSA) is 0 Å². The molecule has 1 aromatic heterocycles. The zero-order valence-corrected chi connectivity index (χ0v) is 12.5. The van der Waals surface area contributed by atoms with Gasteiger partial charge in [0.05, 0.1) is 0 Å². The van der Waals surface area contributed by atoms with Crippen molar-refractivity contribution in [1.82, 2.24) is 0 Å². The summed E-state index contributed by atoms with van der Waals surface area (Å²) >= 11 is 0. The molecule has 0 amide bonds. The summed E-state index contributed by atoms with van der Waals surface area (Å²) in [6, 6.07) is 17.7. The van der Waals surface area contributed by atoms with Gasteiger partial charge in [0.25, 0.3) is 0 Å². The molecule has 0 saturated heterocycles. The van der Waals surface area contributed by atoms with Crippen LogP contribution in [0.4, 0.5) is 17.3 Å². The lowest BCUT2D eigenvalue weighted by Crippen LogP contribution is -2.02. The smallest absolute Gasteiger partial charge is 0.418 e. The summed E-state index contributed by atoms with van der Waals surface area (Å²) in [4.78, 5) is 0. The highest BCUT2D eigenvalue weighted by atomic mass is 32.2. The molecule has 0 aliphatic carbocycles. The maximum absolute atomic E-state index is 9.75. The molecule has 2 aromatic carbocycles. The van der Waals surface area contributed by atoms with Crippen molar-refractivity contribution in [2.45, 2.75) is 19.1 Å². The summed E-state index contributed by atoms with van der Waals surface area (Å²) < 4.78 is 42.1. The average molecular weight is 314 g/mol. The van der Waals surface area contributed by atoms with E-state index in [0.717, 1.165) is 0 Å². The van der Waals surface area contributed by atoms with Gasteiger partial charge in [0.15, 0.2) is 9.40 Å². The van der Waals surface area contributed by atoms with E-state index >= 15 is 0 Å². The van der Waals surface area contributed by atoms with Crippen molar-refractivity contribution in [2.24, 2.45) is 0 Å². The predicted octanol–water partition coefficient (Wildman–Crippen LogP) is 6.62. The van der Waals surface area contributed by atoms with Gasteiger partial charge in [-0.1, -0.05) is 24.3 Å². The van der Waals surface area contributed by atoms with E-state index in [1.807, 2.05) is 0 Å². The second-order valence-corrected chi connectivity index (χ2v) is 7.37. The Labute approximate surface area is 123 Å². The Balaban J connectivity index is 0.000000282. The largest absolute Gasteiger partial charge is 0.673 e. The predicted molar refractivity (Wildman–Crippen MR) is 84.5 cm³/mol. The van der Waals surface area contributed by atoms with Crippen LogP contribution in [0, 0.1) is 0 Å². The summed E-state index contributed by atoms with van der Waals surface area (Å²) in [6.07, 6.45) is 0. The molecule has 1 heterocycles. The number of hydrogen-bond donors (Lipinski definition) is 0. The van der Waals surface area contributed by atoms with Crippen LogP contribution in [0.2, 0.25) is 0 Å². The minimum absolute atomic E-state index is 0.271. The molecule has 0 fully saturated rings. The van der Waals surface area contributed by atoms with Crippen LogP contribution < -0.4 is 0 Å². The number of halogens is 4. The molecule has 3 aromatic rings. The molecule has 0 saturated carbocycles. The van der Waals surface area contributed by atoms with Crippen LogP contribution >= 0.6 is 10.5 Å². The van der Waals surface area contributed by atoms with Crippen molar-refractivity contribution in [2.75, 3.05) is 0 Å². The highest BCUT2D eigenvalue weighted by Gasteiger charge is 2.22. The van der Waals surface area contributed by atoms with Crippen molar-refractivity contribution >= 4 is 37.9 Å². The molecule has 0 radical (unpaired) electrons. The number of hydrogen-bond acceptors (Lipinski definition) is 0. The van der Waals surface area contributed by atoms with E-state index in [2.05, 4.69) is 62.4 Å². The second-order valence-electron chi connectivity index (χ2n) is 4.87. The molecular weight excluding hydrogens is 299 g/mol. The number of rotatable bonds is 1. The van der Waals surface area contributed by atoms with Crippen molar-refractivity contribution < 1.29 is 17.3 Å². The fourth-order valence-electron chi connectivity index (χ4n) is 2.39. The zero-order valence-electron chi connectivity index (χ0n) is 11.7. The van der Waals surface area contributed by atoms with E-state index in [1.54, 1.807) is 0 Å². The minimum Gasteiger partial charge on any atom is -0.418 e. The Hall–Kier alpha value is -1.56. The van der Waals surface area contributed by atoms with Crippen LogP contribution in [0.3, 0.4) is 0 Å². The van der Waals surface area contributed by atoms with Crippen molar-refractivity contribution in [3.8, 4) is 0 Å². The number of thiophene rings is 1. The van der Waals surface area contributed by atoms with Gasteiger partial charge in [0.2, 0.25) is 0 Å². The molecule has 3 rings (SSSR count). The van der Waals surface area contributed by atoms with Crippen LogP contribution in [0.5, 0.6) is 0 Å². The van der Waals surface area contributed by atoms with Gasteiger partial charge in [-0.3, -0.25) is 0 Å². The van der Waals surface area contributed by atoms with Crippen LogP contribution in [0.15, 0.2) is 48.5 Å². The second kappa shape index (κ2) is 6.06. The van der Waals surface area contributed by atoms with E-state index in [-0.39, 0.29) is 10.5 Å².